The van der Waals surface area contributed by atoms with Gasteiger partial charge in [0, 0.05) is 6.42 Å². The lowest BCUT2D eigenvalue weighted by Gasteiger charge is -2.33. The summed E-state index contributed by atoms with van der Waals surface area (Å²) in [6.45, 7) is 6.47. The highest BCUT2D eigenvalue weighted by atomic mass is 16.6. The molecule has 0 heterocycles. The van der Waals surface area contributed by atoms with E-state index in [2.05, 4.69) is 13.8 Å². The number of aliphatic carboxylic acids is 3. The predicted octanol–water partition coefficient (Wildman–Crippen LogP) is 7.23. The molecule has 8 nitrogen and oxygen atoms in total. The Bertz CT molecular complexity index is 660. The minimum Gasteiger partial charge on any atom is -0.481 e. The van der Waals surface area contributed by atoms with E-state index in [0.29, 0.717) is 19.3 Å². The Hall–Kier alpha value is -2.12. The van der Waals surface area contributed by atoms with Gasteiger partial charge in [0.2, 0.25) is 5.60 Å². The van der Waals surface area contributed by atoms with Crippen LogP contribution in [-0.2, 0) is 23.9 Å². The van der Waals surface area contributed by atoms with Crippen LogP contribution in [0.2, 0.25) is 0 Å². The lowest BCUT2D eigenvalue weighted by atomic mass is 9.80. The van der Waals surface area contributed by atoms with Gasteiger partial charge in [-0.05, 0) is 18.8 Å². The summed E-state index contributed by atoms with van der Waals surface area (Å²) in [4.78, 5) is 47.9. The molecule has 0 bridgehead atoms. The smallest absolute Gasteiger partial charge is 0.349 e. The van der Waals surface area contributed by atoms with Crippen LogP contribution in [0, 0.1) is 11.8 Å². The molecule has 216 valence electrons. The summed E-state index contributed by atoms with van der Waals surface area (Å²) in [5.74, 6) is -6.43. The summed E-state index contributed by atoms with van der Waals surface area (Å²) in [7, 11) is 0. The van der Waals surface area contributed by atoms with Crippen LogP contribution < -0.4 is 0 Å². The van der Waals surface area contributed by atoms with E-state index in [9.17, 15) is 34.5 Å². The maximum Gasteiger partial charge on any atom is 0.349 e. The Morgan fingerprint density at radius 1 is 0.676 bits per heavy atom. The molecule has 0 aromatic heterocycles. The first kappa shape index (κ1) is 34.9. The second kappa shape index (κ2) is 20.9. The van der Waals surface area contributed by atoms with Crippen molar-refractivity contribution in [3.05, 3.63) is 0 Å². The van der Waals surface area contributed by atoms with Crippen molar-refractivity contribution in [2.45, 2.75) is 148 Å². The van der Waals surface area contributed by atoms with Crippen LogP contribution in [0.3, 0.4) is 0 Å². The standard InChI is InChI=1S/C29H52O8/c1-4-5-16-21-26(32)37-29(28(35)36,22-25(30)31)24(27(33)34)20-18-15-13-11-9-7-6-8-10-12-14-17-19-23(2)3/h23-24H,4-22H2,1-3H3,(H,30,31)(H,33,34)(H,35,36). The number of carboxylic acids is 3. The third-order valence-electron chi connectivity index (χ3n) is 6.94. The lowest BCUT2D eigenvalue weighted by Crippen LogP contribution is -2.54. The molecule has 3 N–H and O–H groups in total. The summed E-state index contributed by atoms with van der Waals surface area (Å²) >= 11 is 0. The van der Waals surface area contributed by atoms with Gasteiger partial charge in [-0.3, -0.25) is 14.4 Å². The molecule has 0 radical (unpaired) electrons. The van der Waals surface area contributed by atoms with Crippen LogP contribution in [-0.4, -0.2) is 44.8 Å². The average molecular weight is 529 g/mol. The van der Waals surface area contributed by atoms with Gasteiger partial charge in [0.05, 0.1) is 6.42 Å². The zero-order valence-electron chi connectivity index (χ0n) is 23.5. The Labute approximate surface area is 223 Å². The first-order valence-corrected chi connectivity index (χ1v) is 14.5. The molecule has 0 aromatic carbocycles. The van der Waals surface area contributed by atoms with Crippen LogP contribution in [0.5, 0.6) is 0 Å². The summed E-state index contributed by atoms with van der Waals surface area (Å²) < 4.78 is 5.15. The molecule has 2 unspecified atom stereocenters. The van der Waals surface area contributed by atoms with Crippen LogP contribution >= 0.6 is 0 Å². The third kappa shape index (κ3) is 16.4. The zero-order valence-corrected chi connectivity index (χ0v) is 23.5. The molecule has 0 spiro atoms. The van der Waals surface area contributed by atoms with Crippen molar-refractivity contribution in [2.75, 3.05) is 0 Å². The fraction of sp³-hybridized carbons (Fsp3) is 0.862. The van der Waals surface area contributed by atoms with E-state index in [1.165, 1.54) is 51.4 Å². The normalized spacial score (nSPS) is 13.7. The van der Waals surface area contributed by atoms with Gasteiger partial charge in [0.1, 0.15) is 5.92 Å². The molecule has 8 heteroatoms. The number of esters is 1. The van der Waals surface area contributed by atoms with Gasteiger partial charge in [-0.15, -0.1) is 0 Å². The zero-order chi connectivity index (χ0) is 28.1. The summed E-state index contributed by atoms with van der Waals surface area (Å²) in [5.41, 5.74) is -2.62. The quantitative estimate of drug-likeness (QED) is 0.0833. The molecule has 37 heavy (non-hydrogen) atoms. The summed E-state index contributed by atoms with van der Waals surface area (Å²) in [5, 5.41) is 28.9. The number of unbranched alkanes of at least 4 members (excludes halogenated alkanes) is 13. The number of hydrogen-bond donors (Lipinski definition) is 3. The largest absolute Gasteiger partial charge is 0.481 e. The Morgan fingerprint density at radius 3 is 1.51 bits per heavy atom. The van der Waals surface area contributed by atoms with E-state index in [1.807, 2.05) is 6.92 Å². The molecule has 0 aliphatic rings. The molecule has 2 atom stereocenters. The van der Waals surface area contributed by atoms with Gasteiger partial charge in [0.25, 0.3) is 0 Å². The fourth-order valence-electron chi connectivity index (χ4n) is 4.72. The minimum absolute atomic E-state index is 0.0615. The number of ether oxygens (including phenoxy) is 1. The predicted molar refractivity (Wildman–Crippen MR) is 143 cm³/mol. The molecule has 0 fully saturated rings. The van der Waals surface area contributed by atoms with Crippen molar-refractivity contribution in [2.24, 2.45) is 11.8 Å². The van der Waals surface area contributed by atoms with Crippen LogP contribution in [0.25, 0.3) is 0 Å². The summed E-state index contributed by atoms with van der Waals surface area (Å²) in [6.07, 6.45) is 15.2. The van der Waals surface area contributed by atoms with Gasteiger partial charge >= 0.3 is 23.9 Å². The highest BCUT2D eigenvalue weighted by molar-refractivity contribution is 5.92. The topological polar surface area (TPSA) is 138 Å². The maximum absolute atomic E-state index is 12.3. The number of hydrogen-bond acceptors (Lipinski definition) is 5. The van der Waals surface area contributed by atoms with Crippen molar-refractivity contribution in [1.29, 1.82) is 0 Å². The van der Waals surface area contributed by atoms with Gasteiger partial charge in [-0.25, -0.2) is 4.79 Å². The number of carboxylic acid groups (broad SMARTS) is 3. The van der Waals surface area contributed by atoms with Crippen molar-refractivity contribution >= 4 is 23.9 Å². The molecule has 0 rings (SSSR count). The van der Waals surface area contributed by atoms with Crippen molar-refractivity contribution < 1.29 is 39.2 Å². The lowest BCUT2D eigenvalue weighted by molar-refractivity contribution is -0.195. The second-order valence-corrected chi connectivity index (χ2v) is 10.8. The van der Waals surface area contributed by atoms with Crippen molar-refractivity contribution in [3.8, 4) is 0 Å². The monoisotopic (exact) mass is 528 g/mol. The van der Waals surface area contributed by atoms with E-state index >= 15 is 0 Å². The van der Waals surface area contributed by atoms with E-state index in [-0.39, 0.29) is 12.8 Å². The maximum atomic E-state index is 12.3. The SMILES string of the molecule is CCCCCC(=O)OC(CC(=O)O)(C(=O)O)C(CCCCCCCCCCCCCCC(C)C)C(=O)O. The Balaban J connectivity index is 4.54. The Morgan fingerprint density at radius 2 is 1.14 bits per heavy atom. The molecular weight excluding hydrogens is 476 g/mol. The molecule has 0 aromatic rings. The fourth-order valence-corrected chi connectivity index (χ4v) is 4.72. The molecule has 0 amide bonds. The first-order chi connectivity index (χ1) is 17.6. The number of rotatable bonds is 25. The molecule has 0 aliphatic heterocycles. The van der Waals surface area contributed by atoms with Crippen molar-refractivity contribution in [3.63, 3.8) is 0 Å². The molecule has 0 aliphatic carbocycles. The van der Waals surface area contributed by atoms with Crippen LogP contribution in [0.15, 0.2) is 0 Å². The molecule has 0 saturated carbocycles. The summed E-state index contributed by atoms with van der Waals surface area (Å²) in [6, 6.07) is 0. The average Bonchev–Trinajstić information content (AvgIpc) is 2.80. The van der Waals surface area contributed by atoms with Gasteiger partial charge in [0.15, 0.2) is 0 Å². The van der Waals surface area contributed by atoms with Crippen molar-refractivity contribution in [1.82, 2.24) is 0 Å². The Kier molecular flexibility index (Phi) is 19.7. The number of carbonyl (C=O) groups excluding carboxylic acids is 1. The first-order valence-electron chi connectivity index (χ1n) is 14.5. The molecule has 0 saturated heterocycles. The van der Waals surface area contributed by atoms with E-state index in [0.717, 1.165) is 38.0 Å². The third-order valence-corrected chi connectivity index (χ3v) is 6.94. The second-order valence-electron chi connectivity index (χ2n) is 10.8. The van der Waals surface area contributed by atoms with Crippen LogP contribution in [0.1, 0.15) is 143 Å². The van der Waals surface area contributed by atoms with E-state index in [1.54, 1.807) is 0 Å². The highest BCUT2D eigenvalue weighted by Crippen LogP contribution is 2.33. The molecular formula is C29H52O8. The minimum atomic E-state index is -2.62. The van der Waals surface area contributed by atoms with Crippen LogP contribution in [0.4, 0.5) is 0 Å². The van der Waals surface area contributed by atoms with Gasteiger partial charge < -0.3 is 20.1 Å². The van der Waals surface area contributed by atoms with E-state index < -0.39 is 41.8 Å². The van der Waals surface area contributed by atoms with E-state index in [4.69, 9.17) is 4.74 Å². The highest BCUT2D eigenvalue weighted by Gasteiger charge is 2.54. The van der Waals surface area contributed by atoms with Gasteiger partial charge in [-0.2, -0.15) is 0 Å². The number of carbonyl (C=O) groups is 4. The van der Waals surface area contributed by atoms with Gasteiger partial charge in [-0.1, -0.05) is 117 Å².